The first-order valence-corrected chi connectivity index (χ1v) is 6.82. The molecule has 0 amide bonds. The van der Waals surface area contributed by atoms with Crippen molar-refractivity contribution in [1.29, 1.82) is 0 Å². The lowest BCUT2D eigenvalue weighted by Crippen LogP contribution is -1.97. The Hall–Kier alpha value is -1.46. The third kappa shape index (κ3) is 2.81. The second-order valence-corrected chi connectivity index (χ2v) is 5.41. The van der Waals surface area contributed by atoms with Crippen LogP contribution < -0.4 is 5.73 Å². The molecular weight excluding hydrogens is 254 g/mol. The third-order valence-corrected chi connectivity index (χ3v) is 4.47. The minimum Gasteiger partial charge on any atom is -0.478 e. The summed E-state index contributed by atoms with van der Waals surface area (Å²) < 4.78 is 0. The van der Waals surface area contributed by atoms with Crippen LogP contribution in [0, 0.1) is 0 Å². The van der Waals surface area contributed by atoms with Crippen LogP contribution in [0.2, 0.25) is 0 Å². The fraction of sp³-hybridized carbons (Fsp3) is 0.0833. The molecule has 2 rings (SSSR count). The molecule has 3 N–H and O–H groups in total. The first kappa shape index (κ1) is 12.0. The molecule has 2 aromatic rings. The van der Waals surface area contributed by atoms with E-state index in [0.717, 1.165) is 15.5 Å². The lowest BCUT2D eigenvalue weighted by Gasteiger charge is -2.04. The molecule has 0 fully saturated rings. The smallest absolute Gasteiger partial charge is 0.336 e. The number of para-hydroxylation sites is 1. The summed E-state index contributed by atoms with van der Waals surface area (Å²) in [6.45, 7) is 0. The molecule has 1 heterocycles. The van der Waals surface area contributed by atoms with Gasteiger partial charge >= 0.3 is 5.97 Å². The number of anilines is 1. The van der Waals surface area contributed by atoms with E-state index in [4.69, 9.17) is 10.8 Å². The quantitative estimate of drug-likeness (QED) is 0.657. The van der Waals surface area contributed by atoms with Gasteiger partial charge in [-0.05, 0) is 23.6 Å². The van der Waals surface area contributed by atoms with Crippen molar-refractivity contribution in [2.75, 3.05) is 5.73 Å². The summed E-state index contributed by atoms with van der Waals surface area (Å²) in [5, 5.41) is 10.8. The Kier molecular flexibility index (Phi) is 3.71. The summed E-state index contributed by atoms with van der Waals surface area (Å²) in [6.07, 6.45) is 0. The van der Waals surface area contributed by atoms with Crippen molar-refractivity contribution in [1.82, 2.24) is 0 Å². The van der Waals surface area contributed by atoms with Crippen molar-refractivity contribution in [3.8, 4) is 0 Å². The van der Waals surface area contributed by atoms with Gasteiger partial charge in [0.2, 0.25) is 0 Å². The highest BCUT2D eigenvalue weighted by atomic mass is 32.2. The van der Waals surface area contributed by atoms with E-state index >= 15 is 0 Å². The highest BCUT2D eigenvalue weighted by Gasteiger charge is 2.11. The van der Waals surface area contributed by atoms with Crippen molar-refractivity contribution in [2.45, 2.75) is 10.6 Å². The standard InChI is InChI=1S/C12H11NO2S2/c13-9-3-1-2-4-10(9)17-7-11-8(12(14)15)5-6-16-11/h1-6H,7,13H2,(H,14,15). The highest BCUT2D eigenvalue weighted by molar-refractivity contribution is 7.98. The predicted octanol–water partition coefficient (Wildman–Crippen LogP) is 3.32. The molecule has 0 atom stereocenters. The van der Waals surface area contributed by atoms with Crippen molar-refractivity contribution in [3.63, 3.8) is 0 Å². The largest absolute Gasteiger partial charge is 0.478 e. The molecule has 0 saturated carbocycles. The summed E-state index contributed by atoms with van der Waals surface area (Å²) in [6, 6.07) is 9.22. The number of benzene rings is 1. The minimum absolute atomic E-state index is 0.386. The maximum absolute atomic E-state index is 10.9. The van der Waals surface area contributed by atoms with Crippen LogP contribution in [0.15, 0.2) is 40.6 Å². The van der Waals surface area contributed by atoms with Gasteiger partial charge in [0.25, 0.3) is 0 Å². The number of hydrogen-bond acceptors (Lipinski definition) is 4. The fourth-order valence-corrected chi connectivity index (χ4v) is 3.35. The Bertz CT molecular complexity index is 537. The molecule has 0 aliphatic carbocycles. The first-order valence-electron chi connectivity index (χ1n) is 4.95. The number of nitrogens with two attached hydrogens (primary N) is 1. The number of carboxylic acid groups (broad SMARTS) is 1. The molecule has 0 bridgehead atoms. The average molecular weight is 265 g/mol. The molecule has 5 heteroatoms. The molecule has 0 aliphatic heterocycles. The van der Waals surface area contributed by atoms with Crippen LogP contribution in [0.5, 0.6) is 0 Å². The van der Waals surface area contributed by atoms with Gasteiger partial charge in [-0.2, -0.15) is 0 Å². The number of thioether (sulfide) groups is 1. The van der Waals surface area contributed by atoms with Crippen molar-refractivity contribution in [3.05, 3.63) is 46.2 Å². The van der Waals surface area contributed by atoms with E-state index in [2.05, 4.69) is 0 Å². The Morgan fingerprint density at radius 2 is 2.12 bits per heavy atom. The van der Waals surface area contributed by atoms with Gasteiger partial charge in [0.05, 0.1) is 5.56 Å². The lowest BCUT2D eigenvalue weighted by molar-refractivity contribution is 0.0696. The number of carboxylic acids is 1. The average Bonchev–Trinajstić information content (AvgIpc) is 2.76. The number of thiophene rings is 1. The second-order valence-electron chi connectivity index (χ2n) is 3.39. The highest BCUT2D eigenvalue weighted by Crippen LogP contribution is 2.30. The Morgan fingerprint density at radius 3 is 2.82 bits per heavy atom. The monoisotopic (exact) mass is 265 g/mol. The van der Waals surface area contributed by atoms with E-state index in [9.17, 15) is 4.79 Å². The fourth-order valence-electron chi connectivity index (χ4n) is 1.40. The normalized spacial score (nSPS) is 10.4. The molecule has 88 valence electrons. The summed E-state index contributed by atoms with van der Waals surface area (Å²) in [5.74, 6) is -0.240. The first-order chi connectivity index (χ1) is 8.18. The van der Waals surface area contributed by atoms with Crippen molar-refractivity contribution in [2.24, 2.45) is 0 Å². The van der Waals surface area contributed by atoms with Crippen LogP contribution in [0.25, 0.3) is 0 Å². The van der Waals surface area contributed by atoms with E-state index in [1.54, 1.807) is 23.2 Å². The third-order valence-electron chi connectivity index (χ3n) is 2.25. The van der Waals surface area contributed by atoms with Gasteiger partial charge in [-0.3, -0.25) is 0 Å². The number of carbonyl (C=O) groups is 1. The van der Waals surface area contributed by atoms with E-state index < -0.39 is 5.97 Å². The van der Waals surface area contributed by atoms with Crippen LogP contribution in [0.3, 0.4) is 0 Å². The molecule has 0 spiro atoms. The SMILES string of the molecule is Nc1ccccc1SCc1sccc1C(=O)O. The molecule has 1 aromatic heterocycles. The molecule has 17 heavy (non-hydrogen) atoms. The maximum Gasteiger partial charge on any atom is 0.336 e. The molecular formula is C12H11NO2S2. The van der Waals surface area contributed by atoms with Crippen molar-refractivity contribution < 1.29 is 9.90 Å². The summed E-state index contributed by atoms with van der Waals surface area (Å²) >= 11 is 3.02. The number of nitrogen functional groups attached to an aromatic ring is 1. The van der Waals surface area contributed by atoms with Gasteiger partial charge in [0.15, 0.2) is 0 Å². The lowest BCUT2D eigenvalue weighted by atomic mass is 10.3. The Morgan fingerprint density at radius 1 is 1.35 bits per heavy atom. The van der Waals surface area contributed by atoms with E-state index in [1.807, 2.05) is 24.3 Å². The van der Waals surface area contributed by atoms with Crippen LogP contribution in [0.1, 0.15) is 15.2 Å². The summed E-state index contributed by atoms with van der Waals surface area (Å²) in [5.41, 5.74) is 6.94. The molecule has 3 nitrogen and oxygen atoms in total. The zero-order valence-electron chi connectivity index (χ0n) is 8.92. The minimum atomic E-state index is -0.872. The van der Waals surface area contributed by atoms with Gasteiger partial charge in [-0.25, -0.2) is 4.79 Å². The summed E-state index contributed by atoms with van der Waals surface area (Å²) in [7, 11) is 0. The number of aromatic carboxylic acids is 1. The zero-order chi connectivity index (χ0) is 12.3. The molecule has 0 radical (unpaired) electrons. The van der Waals surface area contributed by atoms with Gasteiger partial charge in [0.1, 0.15) is 0 Å². The summed E-state index contributed by atoms with van der Waals surface area (Å²) in [4.78, 5) is 12.8. The van der Waals surface area contributed by atoms with Gasteiger partial charge in [-0.1, -0.05) is 12.1 Å². The Balaban J connectivity index is 2.10. The zero-order valence-corrected chi connectivity index (χ0v) is 10.6. The molecule has 0 saturated heterocycles. The van der Waals surface area contributed by atoms with E-state index in [0.29, 0.717) is 11.3 Å². The Labute approximate surface area is 107 Å². The van der Waals surface area contributed by atoms with Crippen molar-refractivity contribution >= 4 is 34.8 Å². The molecule has 1 aromatic carbocycles. The molecule has 0 aliphatic rings. The number of rotatable bonds is 4. The predicted molar refractivity (Wildman–Crippen MR) is 71.7 cm³/mol. The van der Waals surface area contributed by atoms with Gasteiger partial charge in [0, 0.05) is 21.2 Å². The van der Waals surface area contributed by atoms with Gasteiger partial charge < -0.3 is 10.8 Å². The van der Waals surface area contributed by atoms with Crippen LogP contribution >= 0.6 is 23.1 Å². The van der Waals surface area contributed by atoms with Crippen LogP contribution in [-0.2, 0) is 5.75 Å². The van der Waals surface area contributed by atoms with E-state index in [1.165, 1.54) is 11.3 Å². The van der Waals surface area contributed by atoms with Crippen LogP contribution in [-0.4, -0.2) is 11.1 Å². The second kappa shape index (κ2) is 5.25. The van der Waals surface area contributed by atoms with E-state index in [-0.39, 0.29) is 0 Å². The number of hydrogen-bond donors (Lipinski definition) is 2. The maximum atomic E-state index is 10.9. The van der Waals surface area contributed by atoms with Gasteiger partial charge in [-0.15, -0.1) is 23.1 Å². The topological polar surface area (TPSA) is 63.3 Å². The van der Waals surface area contributed by atoms with Crippen LogP contribution in [0.4, 0.5) is 5.69 Å². The molecule has 0 unspecified atom stereocenters.